The highest BCUT2D eigenvalue weighted by molar-refractivity contribution is 9.10. The summed E-state index contributed by atoms with van der Waals surface area (Å²) in [6.07, 6.45) is 0.818. The van der Waals surface area contributed by atoms with Gasteiger partial charge in [-0.3, -0.25) is 4.79 Å². The Morgan fingerprint density at radius 3 is 2.44 bits per heavy atom. The number of rotatable bonds is 3. The highest BCUT2D eigenvalue weighted by Crippen LogP contribution is 2.36. The molecule has 0 aromatic heterocycles. The van der Waals surface area contributed by atoms with Gasteiger partial charge >= 0.3 is 0 Å². The van der Waals surface area contributed by atoms with Gasteiger partial charge in [0.25, 0.3) is 0 Å². The van der Waals surface area contributed by atoms with E-state index < -0.39 is 0 Å². The number of hydrogen-bond donors (Lipinski definition) is 0. The molecule has 0 spiro atoms. The summed E-state index contributed by atoms with van der Waals surface area (Å²) < 4.78 is 0.878. The van der Waals surface area contributed by atoms with Gasteiger partial charge in [0, 0.05) is 19.8 Å². The van der Waals surface area contributed by atoms with Crippen LogP contribution >= 0.6 is 50.9 Å². The maximum Gasteiger partial charge on any atom is 0.150 e. The molecule has 0 bridgehead atoms. The van der Waals surface area contributed by atoms with Crippen LogP contribution in [0.1, 0.15) is 10.4 Å². The highest BCUT2D eigenvalue weighted by atomic mass is 79.9. The normalized spacial score (nSPS) is 10.4. The van der Waals surface area contributed by atoms with Crippen LogP contribution in [0.15, 0.2) is 50.7 Å². The molecule has 0 fully saturated rings. The van der Waals surface area contributed by atoms with Crippen molar-refractivity contribution in [3.05, 3.63) is 56.5 Å². The third kappa shape index (κ3) is 3.29. The minimum absolute atomic E-state index is 0.530. The summed E-state index contributed by atoms with van der Waals surface area (Å²) in [7, 11) is 0. The second-order valence-corrected chi connectivity index (χ2v) is 6.27. The fourth-order valence-corrected chi connectivity index (χ4v) is 3.20. The van der Waals surface area contributed by atoms with Crippen LogP contribution in [-0.2, 0) is 0 Å². The van der Waals surface area contributed by atoms with E-state index in [1.54, 1.807) is 30.0 Å². The van der Waals surface area contributed by atoms with Crippen molar-refractivity contribution in [1.29, 1.82) is 0 Å². The van der Waals surface area contributed by atoms with Crippen molar-refractivity contribution < 1.29 is 4.79 Å². The molecule has 0 N–H and O–H groups in total. The number of hydrogen-bond acceptors (Lipinski definition) is 2. The van der Waals surface area contributed by atoms with Crippen molar-refractivity contribution in [1.82, 2.24) is 0 Å². The maximum absolute atomic E-state index is 10.7. The van der Waals surface area contributed by atoms with Crippen LogP contribution < -0.4 is 0 Å². The first kappa shape index (κ1) is 13.9. The van der Waals surface area contributed by atoms with Gasteiger partial charge in [0.05, 0.1) is 10.0 Å². The third-order valence-corrected chi connectivity index (χ3v) is 4.93. The van der Waals surface area contributed by atoms with Crippen molar-refractivity contribution in [2.24, 2.45) is 0 Å². The zero-order valence-electron chi connectivity index (χ0n) is 8.99. The summed E-state index contributed by atoms with van der Waals surface area (Å²) in [5.74, 6) is 0. The van der Waals surface area contributed by atoms with E-state index in [-0.39, 0.29) is 0 Å². The van der Waals surface area contributed by atoms with Crippen LogP contribution in [0.2, 0.25) is 10.0 Å². The van der Waals surface area contributed by atoms with Gasteiger partial charge in [-0.25, -0.2) is 0 Å². The van der Waals surface area contributed by atoms with Crippen LogP contribution in [0, 0.1) is 0 Å². The predicted octanol–water partition coefficient (Wildman–Crippen LogP) is 5.72. The van der Waals surface area contributed by atoms with Crippen LogP contribution in [-0.4, -0.2) is 6.29 Å². The van der Waals surface area contributed by atoms with Gasteiger partial charge < -0.3 is 0 Å². The smallest absolute Gasteiger partial charge is 0.150 e. The van der Waals surface area contributed by atoms with Gasteiger partial charge in [-0.15, -0.1) is 0 Å². The summed E-state index contributed by atoms with van der Waals surface area (Å²) in [6.45, 7) is 0. The first-order valence-corrected chi connectivity index (χ1v) is 7.34. The van der Waals surface area contributed by atoms with Gasteiger partial charge in [0.2, 0.25) is 0 Å². The molecule has 0 amide bonds. The summed E-state index contributed by atoms with van der Waals surface area (Å²) in [4.78, 5) is 12.7. The van der Waals surface area contributed by atoms with E-state index >= 15 is 0 Å². The Morgan fingerprint density at radius 1 is 1.06 bits per heavy atom. The molecule has 0 unspecified atom stereocenters. The number of benzene rings is 2. The van der Waals surface area contributed by atoms with Gasteiger partial charge in [-0.2, -0.15) is 0 Å². The lowest BCUT2D eigenvalue weighted by atomic mass is 10.2. The summed E-state index contributed by atoms with van der Waals surface area (Å²) in [6, 6.07) is 10.9. The van der Waals surface area contributed by atoms with Crippen LogP contribution in [0.25, 0.3) is 0 Å². The highest BCUT2D eigenvalue weighted by Gasteiger charge is 2.05. The van der Waals surface area contributed by atoms with Crippen molar-refractivity contribution in [3.8, 4) is 0 Å². The second kappa shape index (κ2) is 6.11. The van der Waals surface area contributed by atoms with Gasteiger partial charge in [0.1, 0.15) is 6.29 Å². The van der Waals surface area contributed by atoms with Crippen molar-refractivity contribution in [2.45, 2.75) is 9.79 Å². The number of aldehydes is 1. The molecule has 18 heavy (non-hydrogen) atoms. The molecule has 0 radical (unpaired) electrons. The fourth-order valence-electron chi connectivity index (χ4n) is 1.34. The first-order chi connectivity index (χ1) is 8.60. The average Bonchev–Trinajstić information content (AvgIpc) is 2.36. The van der Waals surface area contributed by atoms with E-state index in [1.807, 2.05) is 18.2 Å². The Balaban J connectivity index is 2.28. The predicted molar refractivity (Wildman–Crippen MR) is 80.1 cm³/mol. The first-order valence-electron chi connectivity index (χ1n) is 4.98. The summed E-state index contributed by atoms with van der Waals surface area (Å²) in [5, 5.41) is 1.07. The molecular formula is C13H7BrCl2OS. The van der Waals surface area contributed by atoms with Crippen molar-refractivity contribution in [3.63, 3.8) is 0 Å². The number of halogens is 3. The standard InChI is InChI=1S/C13H7BrCl2OS/c14-10-5-8(7-17)1-4-13(10)18-9-2-3-11(15)12(16)6-9/h1-7H. The Kier molecular flexibility index (Phi) is 4.73. The molecule has 0 saturated carbocycles. The van der Waals surface area contributed by atoms with E-state index in [9.17, 15) is 4.79 Å². The Morgan fingerprint density at radius 2 is 1.83 bits per heavy atom. The minimum Gasteiger partial charge on any atom is -0.298 e. The van der Waals surface area contributed by atoms with Crippen molar-refractivity contribution >= 4 is 57.2 Å². The van der Waals surface area contributed by atoms with E-state index in [0.717, 1.165) is 20.5 Å². The van der Waals surface area contributed by atoms with E-state index in [0.29, 0.717) is 15.6 Å². The molecule has 1 nitrogen and oxygen atoms in total. The van der Waals surface area contributed by atoms with Crippen LogP contribution in [0.5, 0.6) is 0 Å². The molecule has 0 aliphatic heterocycles. The number of carbonyl (C=O) groups is 1. The average molecular weight is 362 g/mol. The molecule has 0 aliphatic carbocycles. The Bertz CT molecular complexity index is 602. The van der Waals surface area contributed by atoms with Crippen molar-refractivity contribution in [2.75, 3.05) is 0 Å². The second-order valence-electron chi connectivity index (χ2n) is 3.49. The SMILES string of the molecule is O=Cc1ccc(Sc2ccc(Cl)c(Cl)c2)c(Br)c1. The molecular weight excluding hydrogens is 355 g/mol. The van der Waals surface area contributed by atoms with E-state index in [4.69, 9.17) is 23.2 Å². The largest absolute Gasteiger partial charge is 0.298 e. The molecule has 92 valence electrons. The Hall–Kier alpha value is -0.480. The molecule has 2 aromatic carbocycles. The molecule has 0 heterocycles. The molecule has 0 aliphatic rings. The zero-order chi connectivity index (χ0) is 13.1. The van der Waals surface area contributed by atoms with Gasteiger partial charge in [-0.1, -0.05) is 41.0 Å². The third-order valence-electron chi connectivity index (χ3n) is 2.21. The number of carbonyl (C=O) groups excluding carboxylic acids is 1. The lowest BCUT2D eigenvalue weighted by Gasteiger charge is -2.06. The van der Waals surface area contributed by atoms with E-state index in [1.165, 1.54) is 0 Å². The van der Waals surface area contributed by atoms with Crippen LogP contribution in [0.3, 0.4) is 0 Å². The van der Waals surface area contributed by atoms with Gasteiger partial charge in [0.15, 0.2) is 0 Å². The molecule has 0 saturated heterocycles. The lowest BCUT2D eigenvalue weighted by molar-refractivity contribution is 0.112. The minimum atomic E-state index is 0.530. The summed E-state index contributed by atoms with van der Waals surface area (Å²) in [5.41, 5.74) is 0.639. The molecule has 0 atom stereocenters. The maximum atomic E-state index is 10.7. The fraction of sp³-hybridized carbons (Fsp3) is 0. The van der Waals surface area contributed by atoms with Gasteiger partial charge in [-0.05, 0) is 46.3 Å². The molecule has 5 heteroatoms. The monoisotopic (exact) mass is 360 g/mol. The topological polar surface area (TPSA) is 17.1 Å². The summed E-state index contributed by atoms with van der Waals surface area (Å²) >= 11 is 16.8. The Labute approximate surface area is 128 Å². The zero-order valence-corrected chi connectivity index (χ0v) is 12.9. The van der Waals surface area contributed by atoms with E-state index in [2.05, 4.69) is 15.9 Å². The molecule has 2 rings (SSSR count). The molecule has 2 aromatic rings. The quantitative estimate of drug-likeness (QED) is 0.650. The van der Waals surface area contributed by atoms with Crippen LogP contribution in [0.4, 0.5) is 0 Å². The lowest BCUT2D eigenvalue weighted by Crippen LogP contribution is -1.82.